The minimum atomic E-state index is -1.02. The molecule has 102 valence electrons. The first-order valence-corrected chi connectivity index (χ1v) is 5.75. The summed E-state index contributed by atoms with van der Waals surface area (Å²) in [5, 5.41) is 15.3. The van der Waals surface area contributed by atoms with Gasteiger partial charge in [0.1, 0.15) is 4.47 Å². The summed E-state index contributed by atoms with van der Waals surface area (Å²) in [5.41, 5.74) is -1.32. The number of nitrogens with one attached hydrogen (secondary N) is 2. The van der Waals surface area contributed by atoms with E-state index in [0.29, 0.717) is 0 Å². The molecule has 1 aromatic rings. The smallest absolute Gasteiger partial charge is 0.311 e. The monoisotopic (exact) mass is 333 g/mol. The van der Waals surface area contributed by atoms with Crippen LogP contribution in [0, 0.1) is 15.9 Å². The predicted molar refractivity (Wildman–Crippen MR) is 69.4 cm³/mol. The maximum Gasteiger partial charge on any atom is 0.311 e. The van der Waals surface area contributed by atoms with Gasteiger partial charge in [0, 0.05) is 19.9 Å². The Morgan fingerprint density at radius 2 is 1.84 bits per heavy atom. The fourth-order valence-electron chi connectivity index (χ4n) is 1.36. The molecule has 0 bridgehead atoms. The zero-order valence-corrected chi connectivity index (χ0v) is 11.5. The van der Waals surface area contributed by atoms with Gasteiger partial charge in [0.05, 0.1) is 10.6 Å². The van der Waals surface area contributed by atoms with Crippen molar-refractivity contribution in [1.29, 1.82) is 0 Å². The largest absolute Gasteiger partial charge is 0.325 e. The van der Waals surface area contributed by atoms with Gasteiger partial charge in [-0.25, -0.2) is 4.39 Å². The molecular weight excluding hydrogens is 325 g/mol. The third-order valence-electron chi connectivity index (χ3n) is 1.99. The van der Waals surface area contributed by atoms with E-state index in [2.05, 4.69) is 21.2 Å². The lowest BCUT2D eigenvalue weighted by atomic mass is 10.2. The Morgan fingerprint density at radius 3 is 2.26 bits per heavy atom. The Morgan fingerprint density at radius 1 is 1.32 bits per heavy atom. The summed E-state index contributed by atoms with van der Waals surface area (Å²) in [5.74, 6) is -2.18. The van der Waals surface area contributed by atoms with Crippen molar-refractivity contribution in [3.8, 4) is 0 Å². The topological polar surface area (TPSA) is 101 Å². The van der Waals surface area contributed by atoms with Crippen molar-refractivity contribution in [3.63, 3.8) is 0 Å². The van der Waals surface area contributed by atoms with Gasteiger partial charge in [-0.05, 0) is 15.9 Å². The van der Waals surface area contributed by atoms with E-state index in [-0.39, 0.29) is 10.2 Å². The molecule has 0 saturated heterocycles. The molecule has 0 aromatic heterocycles. The number of hydrogen-bond donors (Lipinski definition) is 2. The van der Waals surface area contributed by atoms with E-state index in [0.717, 1.165) is 13.0 Å². The van der Waals surface area contributed by atoms with E-state index in [4.69, 9.17) is 0 Å². The lowest BCUT2D eigenvalue weighted by Crippen LogP contribution is -2.13. The van der Waals surface area contributed by atoms with Crippen LogP contribution >= 0.6 is 15.9 Å². The fourth-order valence-corrected chi connectivity index (χ4v) is 1.92. The number of amides is 2. The Balaban J connectivity index is 3.50. The molecule has 2 amide bonds. The van der Waals surface area contributed by atoms with Crippen LogP contribution in [0.2, 0.25) is 0 Å². The van der Waals surface area contributed by atoms with Crippen LogP contribution < -0.4 is 10.6 Å². The summed E-state index contributed by atoms with van der Waals surface area (Å²) in [6.07, 6.45) is 0. The number of rotatable bonds is 3. The first kappa shape index (κ1) is 15.0. The molecule has 7 nitrogen and oxygen atoms in total. The summed E-state index contributed by atoms with van der Waals surface area (Å²) in [6, 6.07) is 0.879. The number of nitro groups is 1. The quantitative estimate of drug-likeness (QED) is 0.655. The molecule has 1 rings (SSSR count). The fraction of sp³-hybridized carbons (Fsp3) is 0.200. The number of anilines is 2. The molecule has 0 fully saturated rings. The van der Waals surface area contributed by atoms with E-state index in [1.807, 2.05) is 5.32 Å². The molecule has 9 heteroatoms. The zero-order valence-electron chi connectivity index (χ0n) is 9.91. The number of halogens is 2. The first-order chi connectivity index (χ1) is 8.73. The minimum absolute atomic E-state index is 0.0918. The number of hydrogen-bond acceptors (Lipinski definition) is 4. The van der Waals surface area contributed by atoms with Crippen LogP contribution in [-0.4, -0.2) is 16.7 Å². The van der Waals surface area contributed by atoms with Gasteiger partial charge < -0.3 is 10.6 Å². The third-order valence-corrected chi connectivity index (χ3v) is 2.79. The van der Waals surface area contributed by atoms with Crippen molar-refractivity contribution in [2.45, 2.75) is 13.8 Å². The zero-order chi connectivity index (χ0) is 14.7. The Labute approximate surface area is 115 Å². The molecule has 0 atom stereocenters. The normalized spacial score (nSPS) is 9.89. The van der Waals surface area contributed by atoms with Crippen molar-refractivity contribution in [2.24, 2.45) is 0 Å². The second-order valence-electron chi connectivity index (χ2n) is 3.56. The van der Waals surface area contributed by atoms with Crippen LogP contribution in [0.4, 0.5) is 21.5 Å². The number of carbonyl (C=O) groups excluding carboxylic acids is 2. The molecule has 0 heterocycles. The molecule has 0 spiro atoms. The summed E-state index contributed by atoms with van der Waals surface area (Å²) in [7, 11) is 0. The van der Waals surface area contributed by atoms with E-state index in [9.17, 15) is 24.1 Å². The molecule has 2 N–H and O–H groups in total. The van der Waals surface area contributed by atoms with E-state index in [1.54, 1.807) is 0 Å². The van der Waals surface area contributed by atoms with Crippen molar-refractivity contribution >= 4 is 44.8 Å². The van der Waals surface area contributed by atoms with Gasteiger partial charge in [-0.15, -0.1) is 0 Å². The van der Waals surface area contributed by atoms with Crippen molar-refractivity contribution in [3.05, 3.63) is 26.5 Å². The second-order valence-corrected chi connectivity index (χ2v) is 4.36. The van der Waals surface area contributed by atoms with Gasteiger partial charge in [0.25, 0.3) is 0 Å². The molecule has 0 saturated carbocycles. The maximum absolute atomic E-state index is 13.8. The highest BCUT2D eigenvalue weighted by Gasteiger charge is 2.27. The summed E-state index contributed by atoms with van der Waals surface area (Å²) in [4.78, 5) is 32.0. The molecule has 1 aromatic carbocycles. The maximum atomic E-state index is 13.8. The number of nitro benzene ring substituents is 1. The lowest BCUT2D eigenvalue weighted by Gasteiger charge is -2.11. The van der Waals surface area contributed by atoms with Crippen LogP contribution in [0.1, 0.15) is 13.8 Å². The molecule has 0 aliphatic rings. The van der Waals surface area contributed by atoms with Crippen LogP contribution in [0.5, 0.6) is 0 Å². The highest BCUT2D eigenvalue weighted by atomic mass is 79.9. The first-order valence-electron chi connectivity index (χ1n) is 4.95. The Hall–Kier alpha value is -2.03. The predicted octanol–water partition coefficient (Wildman–Crippen LogP) is 2.41. The molecule has 0 radical (unpaired) electrons. The van der Waals surface area contributed by atoms with Gasteiger partial charge in [0.2, 0.25) is 11.8 Å². The molecule has 0 aliphatic carbocycles. The average molecular weight is 334 g/mol. The second kappa shape index (κ2) is 5.74. The van der Waals surface area contributed by atoms with Gasteiger partial charge in [-0.2, -0.15) is 0 Å². The van der Waals surface area contributed by atoms with Crippen LogP contribution in [0.15, 0.2) is 10.5 Å². The van der Waals surface area contributed by atoms with E-state index in [1.165, 1.54) is 6.92 Å². The van der Waals surface area contributed by atoms with Crippen molar-refractivity contribution < 1.29 is 18.9 Å². The van der Waals surface area contributed by atoms with Gasteiger partial charge in [0.15, 0.2) is 11.5 Å². The number of benzene rings is 1. The summed E-state index contributed by atoms with van der Waals surface area (Å²) >= 11 is 2.91. The molecule has 0 aliphatic heterocycles. The van der Waals surface area contributed by atoms with E-state index >= 15 is 0 Å². The SMILES string of the molecule is CC(=O)Nc1cc(F)c(NC(C)=O)c([N+](=O)[O-])c1Br. The van der Waals surface area contributed by atoms with Crippen molar-refractivity contribution in [1.82, 2.24) is 0 Å². The van der Waals surface area contributed by atoms with Gasteiger partial charge in [-0.3, -0.25) is 19.7 Å². The lowest BCUT2D eigenvalue weighted by molar-refractivity contribution is -0.384. The summed E-state index contributed by atoms with van der Waals surface area (Å²) in [6.45, 7) is 2.27. The summed E-state index contributed by atoms with van der Waals surface area (Å²) < 4.78 is 13.6. The van der Waals surface area contributed by atoms with Gasteiger partial charge >= 0.3 is 5.69 Å². The molecule has 0 unspecified atom stereocenters. The van der Waals surface area contributed by atoms with Crippen LogP contribution in [-0.2, 0) is 9.59 Å². The Bertz CT molecular complexity index is 576. The van der Waals surface area contributed by atoms with Crippen LogP contribution in [0.3, 0.4) is 0 Å². The third kappa shape index (κ3) is 3.47. The van der Waals surface area contributed by atoms with Crippen molar-refractivity contribution in [2.75, 3.05) is 10.6 Å². The standard InChI is InChI=1S/C10H9BrFN3O4/c1-4(16)13-7-3-6(12)9(14-5(2)17)10(8(7)11)15(18)19/h3H,1-2H3,(H,13,16)(H,14,17). The Kier molecular flexibility index (Phi) is 4.54. The number of nitrogens with zero attached hydrogens (tertiary/aromatic N) is 1. The molecule has 19 heavy (non-hydrogen) atoms. The molecular formula is C10H9BrFN3O4. The highest BCUT2D eigenvalue weighted by molar-refractivity contribution is 9.10. The highest BCUT2D eigenvalue weighted by Crippen LogP contribution is 2.40. The van der Waals surface area contributed by atoms with Gasteiger partial charge in [-0.1, -0.05) is 0 Å². The van der Waals surface area contributed by atoms with Crippen LogP contribution in [0.25, 0.3) is 0 Å². The average Bonchev–Trinajstić information content (AvgIpc) is 2.23. The number of carbonyl (C=O) groups is 2. The van der Waals surface area contributed by atoms with E-state index < -0.39 is 33.9 Å². The minimum Gasteiger partial charge on any atom is -0.325 e.